The van der Waals surface area contributed by atoms with Gasteiger partial charge in [0.25, 0.3) is 0 Å². The molecule has 0 radical (unpaired) electrons. The molecule has 5 nitrogen and oxygen atoms in total. The Hall–Kier alpha value is -2.54. The summed E-state index contributed by atoms with van der Waals surface area (Å²) in [6.07, 6.45) is 1.83. The van der Waals surface area contributed by atoms with E-state index in [1.54, 1.807) is 6.07 Å². The van der Waals surface area contributed by atoms with Crippen LogP contribution < -0.4 is 10.5 Å². The summed E-state index contributed by atoms with van der Waals surface area (Å²) in [5.41, 5.74) is 0.702. The zero-order valence-electron chi connectivity index (χ0n) is 14.0. The Kier molecular flexibility index (Phi) is 5.13. The lowest BCUT2D eigenvalue weighted by Crippen LogP contribution is -2.37. The summed E-state index contributed by atoms with van der Waals surface area (Å²) in [6, 6.07) is 6.33. The van der Waals surface area contributed by atoms with E-state index in [9.17, 15) is 14.0 Å². The third-order valence-corrected chi connectivity index (χ3v) is 5.60. The number of anilines is 2. The number of aldehydes is 1. The van der Waals surface area contributed by atoms with Gasteiger partial charge >= 0.3 is 5.97 Å². The SMILES string of the molecule is COC(=O)c1cc(C=O)ncc1Nc1ccc([Si](C)(C)C)cc1F. The number of carbonyl (C=O) groups excluding carboxylic acids is 2. The second-order valence-corrected chi connectivity index (χ2v) is 11.4. The van der Waals surface area contributed by atoms with E-state index in [1.807, 2.05) is 6.07 Å². The summed E-state index contributed by atoms with van der Waals surface area (Å²) < 4.78 is 19.1. The van der Waals surface area contributed by atoms with Crippen LogP contribution in [-0.4, -0.2) is 32.4 Å². The van der Waals surface area contributed by atoms with E-state index in [-0.39, 0.29) is 22.6 Å². The molecule has 0 saturated heterocycles. The summed E-state index contributed by atoms with van der Waals surface area (Å²) in [4.78, 5) is 26.6. The normalized spacial score (nSPS) is 11.0. The fourth-order valence-corrected chi connectivity index (χ4v) is 3.29. The second-order valence-electron chi connectivity index (χ2n) is 6.33. The van der Waals surface area contributed by atoms with Gasteiger partial charge in [0.05, 0.1) is 38.3 Å². The molecular formula is C17H19FN2O3Si. The molecule has 7 heteroatoms. The number of esters is 1. The zero-order valence-corrected chi connectivity index (χ0v) is 15.0. The van der Waals surface area contributed by atoms with Gasteiger partial charge in [-0.05, 0) is 18.2 Å². The number of carbonyl (C=O) groups is 2. The Morgan fingerprint density at radius 3 is 2.50 bits per heavy atom. The van der Waals surface area contributed by atoms with Gasteiger partial charge in [-0.3, -0.25) is 9.78 Å². The maximum absolute atomic E-state index is 14.4. The van der Waals surface area contributed by atoms with Crippen LogP contribution in [0, 0.1) is 5.82 Å². The smallest absolute Gasteiger partial charge is 0.340 e. The number of rotatable bonds is 5. The molecule has 0 aliphatic heterocycles. The lowest BCUT2D eigenvalue weighted by atomic mass is 10.2. The Morgan fingerprint density at radius 2 is 1.96 bits per heavy atom. The first-order valence-corrected chi connectivity index (χ1v) is 10.9. The molecule has 1 N–H and O–H groups in total. The number of hydrogen-bond acceptors (Lipinski definition) is 5. The molecule has 0 fully saturated rings. The first-order chi connectivity index (χ1) is 11.3. The minimum absolute atomic E-state index is 0.0931. The number of ether oxygens (including phenoxy) is 1. The van der Waals surface area contributed by atoms with Gasteiger partial charge in [0.2, 0.25) is 0 Å². The van der Waals surface area contributed by atoms with Crippen molar-refractivity contribution < 1.29 is 18.7 Å². The molecule has 1 heterocycles. The van der Waals surface area contributed by atoms with Crippen LogP contribution in [-0.2, 0) is 4.74 Å². The molecule has 0 saturated carbocycles. The quantitative estimate of drug-likeness (QED) is 0.512. The fourth-order valence-electron chi connectivity index (χ4n) is 2.14. The van der Waals surface area contributed by atoms with E-state index in [1.165, 1.54) is 25.4 Å². The zero-order chi connectivity index (χ0) is 17.9. The molecule has 0 amide bonds. The molecule has 0 unspecified atom stereocenters. The maximum Gasteiger partial charge on any atom is 0.340 e. The van der Waals surface area contributed by atoms with E-state index in [2.05, 4.69) is 29.9 Å². The number of pyridine rings is 1. The monoisotopic (exact) mass is 346 g/mol. The molecule has 24 heavy (non-hydrogen) atoms. The highest BCUT2D eigenvalue weighted by atomic mass is 28.3. The largest absolute Gasteiger partial charge is 0.465 e. The maximum atomic E-state index is 14.4. The molecule has 0 bridgehead atoms. The molecule has 1 aromatic carbocycles. The number of nitrogens with zero attached hydrogens (tertiary/aromatic N) is 1. The van der Waals surface area contributed by atoms with E-state index in [4.69, 9.17) is 4.74 Å². The molecular weight excluding hydrogens is 327 g/mol. The number of benzene rings is 1. The minimum Gasteiger partial charge on any atom is -0.465 e. The molecule has 0 spiro atoms. The molecule has 0 atom stereocenters. The van der Waals surface area contributed by atoms with Crippen LogP contribution in [0.4, 0.5) is 15.8 Å². The summed E-state index contributed by atoms with van der Waals surface area (Å²) >= 11 is 0. The first-order valence-electron chi connectivity index (χ1n) is 7.37. The summed E-state index contributed by atoms with van der Waals surface area (Å²) in [6.45, 7) is 6.39. The first kappa shape index (κ1) is 17.8. The van der Waals surface area contributed by atoms with Gasteiger partial charge in [0, 0.05) is 0 Å². The number of aromatic nitrogens is 1. The predicted octanol–water partition coefficient (Wildman–Crippen LogP) is 3.11. The second kappa shape index (κ2) is 6.92. The van der Waals surface area contributed by atoms with Crippen molar-refractivity contribution in [1.82, 2.24) is 4.98 Å². The summed E-state index contributed by atoms with van der Waals surface area (Å²) in [5, 5.41) is 3.84. The summed E-state index contributed by atoms with van der Waals surface area (Å²) in [5.74, 6) is -1.05. The van der Waals surface area contributed by atoms with Crippen LogP contribution in [0.1, 0.15) is 20.8 Å². The van der Waals surface area contributed by atoms with Crippen molar-refractivity contribution in [1.29, 1.82) is 0 Å². The Balaban J connectivity index is 2.41. The van der Waals surface area contributed by atoms with Crippen molar-refractivity contribution in [2.24, 2.45) is 0 Å². The highest BCUT2D eigenvalue weighted by Crippen LogP contribution is 2.23. The van der Waals surface area contributed by atoms with Crippen LogP contribution >= 0.6 is 0 Å². The average Bonchev–Trinajstić information content (AvgIpc) is 2.55. The molecule has 0 aliphatic rings. The van der Waals surface area contributed by atoms with Crippen molar-refractivity contribution in [2.45, 2.75) is 19.6 Å². The number of hydrogen-bond donors (Lipinski definition) is 1. The van der Waals surface area contributed by atoms with Gasteiger partial charge < -0.3 is 10.1 Å². The van der Waals surface area contributed by atoms with Gasteiger partial charge in [-0.1, -0.05) is 30.9 Å². The molecule has 2 aromatic rings. The van der Waals surface area contributed by atoms with Gasteiger partial charge in [-0.2, -0.15) is 0 Å². The highest BCUT2D eigenvalue weighted by Gasteiger charge is 2.19. The van der Waals surface area contributed by atoms with Gasteiger partial charge in [0.1, 0.15) is 11.5 Å². The highest BCUT2D eigenvalue weighted by molar-refractivity contribution is 6.88. The van der Waals surface area contributed by atoms with Gasteiger partial charge in [-0.25, -0.2) is 9.18 Å². The van der Waals surface area contributed by atoms with Crippen LogP contribution in [0.25, 0.3) is 0 Å². The number of halogens is 1. The molecule has 1 aromatic heterocycles. The average molecular weight is 346 g/mol. The van der Waals surface area contributed by atoms with Gasteiger partial charge in [0.15, 0.2) is 6.29 Å². The molecule has 126 valence electrons. The van der Waals surface area contributed by atoms with Crippen LogP contribution in [0.3, 0.4) is 0 Å². The Morgan fingerprint density at radius 1 is 1.25 bits per heavy atom. The third kappa shape index (κ3) is 3.86. The topological polar surface area (TPSA) is 68.3 Å². The van der Waals surface area contributed by atoms with Crippen LogP contribution in [0.15, 0.2) is 30.5 Å². The minimum atomic E-state index is -1.62. The third-order valence-electron chi connectivity index (χ3n) is 3.56. The standard InChI is InChI=1S/C17H19FN2O3Si/c1-23-17(22)13-7-11(10-21)19-9-16(13)20-15-6-5-12(8-14(15)18)24(2,3)4/h5-10,20H,1-4H3. The number of nitrogens with one attached hydrogen (secondary N) is 1. The van der Waals surface area contributed by atoms with Crippen LogP contribution in [0.2, 0.25) is 19.6 Å². The lowest BCUT2D eigenvalue weighted by molar-refractivity contribution is 0.0601. The van der Waals surface area contributed by atoms with Crippen molar-refractivity contribution in [3.8, 4) is 0 Å². The Bertz CT molecular complexity index is 788. The summed E-state index contributed by atoms with van der Waals surface area (Å²) in [7, 11) is -0.387. The molecule has 0 aliphatic carbocycles. The van der Waals surface area contributed by atoms with Gasteiger partial charge in [-0.15, -0.1) is 0 Å². The van der Waals surface area contributed by atoms with E-state index in [0.29, 0.717) is 6.29 Å². The Labute approximate surface area is 140 Å². The van der Waals surface area contributed by atoms with Crippen molar-refractivity contribution in [2.75, 3.05) is 12.4 Å². The number of methoxy groups -OCH3 is 1. The van der Waals surface area contributed by atoms with E-state index < -0.39 is 19.9 Å². The molecule has 2 rings (SSSR count). The van der Waals surface area contributed by atoms with E-state index in [0.717, 1.165) is 5.19 Å². The lowest BCUT2D eigenvalue weighted by Gasteiger charge is -2.18. The predicted molar refractivity (Wildman–Crippen MR) is 93.6 cm³/mol. The van der Waals surface area contributed by atoms with Crippen LogP contribution in [0.5, 0.6) is 0 Å². The van der Waals surface area contributed by atoms with Crippen molar-refractivity contribution >= 4 is 36.9 Å². The van der Waals surface area contributed by atoms with Crippen molar-refractivity contribution in [3.63, 3.8) is 0 Å². The van der Waals surface area contributed by atoms with E-state index >= 15 is 0 Å². The van der Waals surface area contributed by atoms with Crippen molar-refractivity contribution in [3.05, 3.63) is 47.5 Å². The fraction of sp³-hybridized carbons (Fsp3) is 0.235.